The average molecular weight is 417 g/mol. The third-order valence-electron chi connectivity index (χ3n) is 4.30. The van der Waals surface area contributed by atoms with E-state index in [-0.39, 0.29) is 11.9 Å². The van der Waals surface area contributed by atoms with Crippen molar-refractivity contribution < 1.29 is 18.8 Å². The van der Waals surface area contributed by atoms with E-state index in [9.17, 15) is 4.79 Å². The van der Waals surface area contributed by atoms with Crippen LogP contribution in [0.1, 0.15) is 17.3 Å². The molecule has 0 aliphatic rings. The molecular formula is C22H19N5O4. The van der Waals surface area contributed by atoms with Crippen LogP contribution in [0.25, 0.3) is 23.0 Å². The number of hydrogen-bond donors (Lipinski definition) is 1. The highest BCUT2D eigenvalue weighted by Crippen LogP contribution is 2.23. The van der Waals surface area contributed by atoms with Crippen LogP contribution >= 0.6 is 0 Å². The number of nitrogens with one attached hydrogen (secondary N) is 1. The van der Waals surface area contributed by atoms with Gasteiger partial charge in [-0.2, -0.15) is 4.98 Å². The maximum Gasteiger partial charge on any atom is 0.338 e. The summed E-state index contributed by atoms with van der Waals surface area (Å²) in [6.07, 6.45) is 0. The Bertz CT molecular complexity index is 1170. The minimum absolute atomic E-state index is 0.258. The normalized spacial score (nSPS) is 10.5. The lowest BCUT2D eigenvalue weighted by atomic mass is 10.2. The van der Waals surface area contributed by atoms with Crippen LogP contribution in [0.15, 0.2) is 65.2 Å². The maximum atomic E-state index is 11.9. The molecule has 9 nitrogen and oxygen atoms in total. The van der Waals surface area contributed by atoms with Crippen molar-refractivity contribution in [2.24, 2.45) is 0 Å². The van der Waals surface area contributed by atoms with E-state index < -0.39 is 0 Å². The molecule has 1 N–H and O–H groups in total. The second-order valence-corrected chi connectivity index (χ2v) is 6.38. The van der Waals surface area contributed by atoms with Gasteiger partial charge in [0, 0.05) is 11.3 Å². The SMILES string of the molecule is CCOC(=O)c1cccc(Nc2ccc(-c3nc(-c4ccc(OC)cc4)no3)nn2)c1. The second kappa shape index (κ2) is 9.04. The third kappa shape index (κ3) is 4.67. The Morgan fingerprint density at radius 2 is 1.90 bits per heavy atom. The van der Waals surface area contributed by atoms with E-state index >= 15 is 0 Å². The van der Waals surface area contributed by atoms with Crippen LogP contribution < -0.4 is 10.1 Å². The van der Waals surface area contributed by atoms with Gasteiger partial charge in [-0.3, -0.25) is 0 Å². The van der Waals surface area contributed by atoms with Crippen molar-refractivity contribution in [3.63, 3.8) is 0 Å². The Kier molecular flexibility index (Phi) is 5.84. The zero-order chi connectivity index (χ0) is 21.6. The minimum Gasteiger partial charge on any atom is -0.497 e. The van der Waals surface area contributed by atoms with E-state index in [1.165, 1.54) is 0 Å². The Balaban J connectivity index is 1.47. The van der Waals surface area contributed by atoms with Crippen molar-refractivity contribution in [1.29, 1.82) is 0 Å². The molecule has 0 atom stereocenters. The summed E-state index contributed by atoms with van der Waals surface area (Å²) in [6.45, 7) is 2.08. The van der Waals surface area contributed by atoms with Crippen LogP contribution in [-0.4, -0.2) is 40.0 Å². The van der Waals surface area contributed by atoms with Crippen molar-refractivity contribution in [2.75, 3.05) is 19.0 Å². The number of esters is 1. The first-order valence-corrected chi connectivity index (χ1v) is 9.52. The van der Waals surface area contributed by atoms with Gasteiger partial charge in [-0.25, -0.2) is 4.79 Å². The number of ether oxygens (including phenoxy) is 2. The van der Waals surface area contributed by atoms with Crippen LogP contribution in [-0.2, 0) is 4.74 Å². The number of benzene rings is 2. The van der Waals surface area contributed by atoms with E-state index in [1.807, 2.05) is 30.3 Å². The summed E-state index contributed by atoms with van der Waals surface area (Å²) in [5.41, 5.74) is 2.38. The smallest absolute Gasteiger partial charge is 0.338 e. The fraction of sp³-hybridized carbons (Fsp3) is 0.136. The summed E-state index contributed by atoms with van der Waals surface area (Å²) < 4.78 is 15.5. The van der Waals surface area contributed by atoms with Gasteiger partial charge in [0.25, 0.3) is 5.89 Å². The second-order valence-electron chi connectivity index (χ2n) is 6.38. The van der Waals surface area contributed by atoms with E-state index in [0.29, 0.717) is 35.2 Å². The molecular weight excluding hydrogens is 398 g/mol. The Hall–Kier alpha value is -4.27. The van der Waals surface area contributed by atoms with Gasteiger partial charge in [0.15, 0.2) is 11.5 Å². The zero-order valence-electron chi connectivity index (χ0n) is 16.9. The van der Waals surface area contributed by atoms with Gasteiger partial charge in [0.2, 0.25) is 5.82 Å². The quantitative estimate of drug-likeness (QED) is 0.444. The molecule has 0 radical (unpaired) electrons. The van der Waals surface area contributed by atoms with Crippen molar-refractivity contribution in [3.05, 3.63) is 66.2 Å². The summed E-state index contributed by atoms with van der Waals surface area (Å²) in [6, 6.07) is 17.7. The van der Waals surface area contributed by atoms with Gasteiger partial charge in [0.1, 0.15) is 5.75 Å². The number of rotatable bonds is 7. The van der Waals surface area contributed by atoms with Crippen LogP contribution in [0.4, 0.5) is 11.5 Å². The molecule has 0 bridgehead atoms. The molecule has 156 valence electrons. The molecule has 0 spiro atoms. The number of methoxy groups -OCH3 is 1. The van der Waals surface area contributed by atoms with Gasteiger partial charge in [-0.15, -0.1) is 10.2 Å². The molecule has 4 rings (SSSR count). The molecule has 4 aromatic rings. The maximum absolute atomic E-state index is 11.9. The van der Waals surface area contributed by atoms with Crippen LogP contribution in [0, 0.1) is 0 Å². The van der Waals surface area contributed by atoms with E-state index in [0.717, 1.165) is 11.3 Å². The topological polar surface area (TPSA) is 112 Å². The standard InChI is InChI=1S/C22H19N5O4/c1-3-30-22(28)15-5-4-6-16(13-15)23-19-12-11-18(25-26-19)21-24-20(27-31-21)14-7-9-17(29-2)10-8-14/h4-13H,3H2,1-2H3,(H,23,26). The number of aromatic nitrogens is 4. The molecule has 31 heavy (non-hydrogen) atoms. The largest absolute Gasteiger partial charge is 0.497 e. The molecule has 0 unspecified atom stereocenters. The zero-order valence-corrected chi connectivity index (χ0v) is 16.9. The lowest BCUT2D eigenvalue weighted by molar-refractivity contribution is 0.0526. The highest BCUT2D eigenvalue weighted by molar-refractivity contribution is 5.90. The third-order valence-corrected chi connectivity index (χ3v) is 4.30. The lowest BCUT2D eigenvalue weighted by Crippen LogP contribution is -2.05. The molecule has 0 amide bonds. The Labute approximate surface area is 178 Å². The number of nitrogens with zero attached hydrogens (tertiary/aromatic N) is 4. The van der Waals surface area contributed by atoms with Gasteiger partial charge in [-0.05, 0) is 61.5 Å². The molecule has 0 saturated heterocycles. The summed E-state index contributed by atoms with van der Waals surface area (Å²) in [5, 5.41) is 15.4. The molecule has 0 aliphatic heterocycles. The molecule has 0 aliphatic carbocycles. The summed E-state index contributed by atoms with van der Waals surface area (Å²) in [5.74, 6) is 1.57. The summed E-state index contributed by atoms with van der Waals surface area (Å²) in [4.78, 5) is 16.3. The molecule has 0 saturated carbocycles. The first kappa shape index (κ1) is 20.0. The van der Waals surface area contributed by atoms with Gasteiger partial charge in [0.05, 0.1) is 19.3 Å². The van der Waals surface area contributed by atoms with Gasteiger partial charge >= 0.3 is 5.97 Å². The molecule has 9 heteroatoms. The molecule has 0 fully saturated rings. The monoisotopic (exact) mass is 417 g/mol. The van der Waals surface area contributed by atoms with Crippen LogP contribution in [0.2, 0.25) is 0 Å². The highest BCUT2D eigenvalue weighted by atomic mass is 16.5. The Morgan fingerprint density at radius 3 is 2.61 bits per heavy atom. The fourth-order valence-corrected chi connectivity index (χ4v) is 2.78. The van der Waals surface area contributed by atoms with Gasteiger partial charge < -0.3 is 19.3 Å². The van der Waals surface area contributed by atoms with Crippen molar-refractivity contribution in [3.8, 4) is 28.7 Å². The summed E-state index contributed by atoms with van der Waals surface area (Å²) in [7, 11) is 1.61. The highest BCUT2D eigenvalue weighted by Gasteiger charge is 2.13. The summed E-state index contributed by atoms with van der Waals surface area (Å²) >= 11 is 0. The Morgan fingerprint density at radius 1 is 1.06 bits per heavy atom. The van der Waals surface area contributed by atoms with Crippen molar-refractivity contribution >= 4 is 17.5 Å². The number of carbonyl (C=O) groups excluding carboxylic acids is 1. The minimum atomic E-state index is -0.378. The number of carbonyl (C=O) groups is 1. The fourth-order valence-electron chi connectivity index (χ4n) is 2.78. The number of anilines is 2. The molecule has 2 aromatic carbocycles. The average Bonchev–Trinajstić information content (AvgIpc) is 3.30. The lowest BCUT2D eigenvalue weighted by Gasteiger charge is -2.07. The first-order valence-electron chi connectivity index (χ1n) is 9.52. The van der Waals surface area contributed by atoms with Crippen molar-refractivity contribution in [1.82, 2.24) is 20.3 Å². The first-order chi connectivity index (χ1) is 15.2. The number of hydrogen-bond acceptors (Lipinski definition) is 9. The predicted molar refractivity (Wildman–Crippen MR) is 113 cm³/mol. The van der Waals surface area contributed by atoms with Crippen LogP contribution in [0.5, 0.6) is 5.75 Å². The molecule has 2 heterocycles. The van der Waals surface area contributed by atoms with E-state index in [2.05, 4.69) is 25.7 Å². The van der Waals surface area contributed by atoms with E-state index in [1.54, 1.807) is 44.4 Å². The van der Waals surface area contributed by atoms with E-state index in [4.69, 9.17) is 14.0 Å². The van der Waals surface area contributed by atoms with Crippen LogP contribution in [0.3, 0.4) is 0 Å². The van der Waals surface area contributed by atoms with Crippen molar-refractivity contribution in [2.45, 2.75) is 6.92 Å². The molecule has 2 aromatic heterocycles. The predicted octanol–water partition coefficient (Wildman–Crippen LogP) is 4.12. The van der Waals surface area contributed by atoms with Gasteiger partial charge in [-0.1, -0.05) is 11.2 Å².